The summed E-state index contributed by atoms with van der Waals surface area (Å²) in [4.78, 5) is 17.1. The van der Waals surface area contributed by atoms with E-state index in [1.165, 1.54) is 11.1 Å². The molecule has 0 radical (unpaired) electrons. The number of amides is 1. The van der Waals surface area contributed by atoms with Crippen LogP contribution in [0.1, 0.15) is 27.0 Å². The Morgan fingerprint density at radius 3 is 2.53 bits per heavy atom. The van der Waals surface area contributed by atoms with Gasteiger partial charge in [0.1, 0.15) is 12.4 Å². The van der Waals surface area contributed by atoms with Crippen LogP contribution in [0.4, 0.5) is 5.69 Å². The summed E-state index contributed by atoms with van der Waals surface area (Å²) < 4.78 is 5.83. The van der Waals surface area contributed by atoms with Crippen molar-refractivity contribution < 1.29 is 9.53 Å². The quantitative estimate of drug-likeness (QED) is 0.467. The first-order chi connectivity index (χ1) is 15.5. The Balaban J connectivity index is 1.39. The standard InChI is InChI=1S/C27H27ClN2O2/c1-29(2)16-3-4-20-7-14-26-23(18-20)15-17-30(26)27(31)22-8-12-25(13-9-22)32-19-21-5-10-24(28)11-6-21/h3-14,18H,15-17,19H2,1-2H3. The first-order valence-corrected chi connectivity index (χ1v) is 11.1. The first kappa shape index (κ1) is 22.1. The highest BCUT2D eigenvalue weighted by Gasteiger charge is 2.25. The third-order valence-corrected chi connectivity index (χ3v) is 5.70. The number of benzene rings is 3. The van der Waals surface area contributed by atoms with Gasteiger partial charge in [0.05, 0.1) is 0 Å². The van der Waals surface area contributed by atoms with Crippen LogP contribution in [-0.4, -0.2) is 38.0 Å². The predicted octanol–water partition coefficient (Wildman–Crippen LogP) is 5.70. The maximum absolute atomic E-state index is 13.1. The van der Waals surface area contributed by atoms with E-state index in [-0.39, 0.29) is 5.91 Å². The summed E-state index contributed by atoms with van der Waals surface area (Å²) in [5, 5.41) is 0.706. The maximum Gasteiger partial charge on any atom is 0.258 e. The molecule has 0 saturated heterocycles. The molecule has 1 aliphatic rings. The molecular formula is C27H27ClN2O2. The van der Waals surface area contributed by atoms with Crippen molar-refractivity contribution in [3.63, 3.8) is 0 Å². The second-order valence-electron chi connectivity index (χ2n) is 8.20. The Morgan fingerprint density at radius 1 is 1.06 bits per heavy atom. The Morgan fingerprint density at radius 2 is 1.81 bits per heavy atom. The van der Waals surface area contributed by atoms with Gasteiger partial charge in [-0.2, -0.15) is 0 Å². The van der Waals surface area contributed by atoms with Crippen LogP contribution in [0.5, 0.6) is 5.75 Å². The van der Waals surface area contributed by atoms with Gasteiger partial charge in [-0.05, 0) is 85.7 Å². The lowest BCUT2D eigenvalue weighted by atomic mass is 10.1. The summed E-state index contributed by atoms with van der Waals surface area (Å²) in [6, 6.07) is 21.2. The zero-order valence-electron chi connectivity index (χ0n) is 18.4. The number of carbonyl (C=O) groups excluding carboxylic acids is 1. The van der Waals surface area contributed by atoms with Gasteiger partial charge < -0.3 is 14.5 Å². The van der Waals surface area contributed by atoms with E-state index in [1.54, 1.807) is 0 Å². The third-order valence-electron chi connectivity index (χ3n) is 5.45. The van der Waals surface area contributed by atoms with Crippen LogP contribution >= 0.6 is 11.6 Å². The van der Waals surface area contributed by atoms with Gasteiger partial charge in [0.2, 0.25) is 0 Å². The normalized spacial score (nSPS) is 13.1. The molecule has 5 heteroatoms. The predicted molar refractivity (Wildman–Crippen MR) is 132 cm³/mol. The molecule has 32 heavy (non-hydrogen) atoms. The molecule has 4 rings (SSSR count). The molecule has 0 N–H and O–H groups in total. The third kappa shape index (κ3) is 5.39. The van der Waals surface area contributed by atoms with Crippen molar-refractivity contribution in [3.8, 4) is 5.75 Å². The van der Waals surface area contributed by atoms with Crippen LogP contribution < -0.4 is 9.64 Å². The van der Waals surface area contributed by atoms with Crippen molar-refractivity contribution in [3.05, 3.63) is 100 Å². The van der Waals surface area contributed by atoms with Crippen LogP contribution in [0.15, 0.2) is 72.8 Å². The lowest BCUT2D eigenvalue weighted by Crippen LogP contribution is -2.28. The van der Waals surface area contributed by atoms with E-state index < -0.39 is 0 Å². The minimum Gasteiger partial charge on any atom is -0.489 e. The fourth-order valence-electron chi connectivity index (χ4n) is 3.73. The summed E-state index contributed by atoms with van der Waals surface area (Å²) in [6.45, 7) is 2.06. The number of carbonyl (C=O) groups is 1. The van der Waals surface area contributed by atoms with Gasteiger partial charge in [-0.25, -0.2) is 0 Å². The minimum absolute atomic E-state index is 0.0175. The molecule has 0 saturated carbocycles. The van der Waals surface area contributed by atoms with Gasteiger partial charge in [0.25, 0.3) is 5.91 Å². The molecule has 3 aromatic carbocycles. The average molecular weight is 447 g/mol. The Kier molecular flexibility index (Phi) is 6.93. The highest BCUT2D eigenvalue weighted by atomic mass is 35.5. The van der Waals surface area contributed by atoms with E-state index in [0.717, 1.165) is 30.0 Å². The van der Waals surface area contributed by atoms with Crippen molar-refractivity contribution >= 4 is 29.3 Å². The lowest BCUT2D eigenvalue weighted by Gasteiger charge is -2.18. The second kappa shape index (κ2) is 10.0. The molecule has 3 aromatic rings. The number of anilines is 1. The lowest BCUT2D eigenvalue weighted by molar-refractivity contribution is 0.0989. The fraction of sp³-hybridized carbons (Fsp3) is 0.222. The first-order valence-electron chi connectivity index (χ1n) is 10.7. The zero-order valence-corrected chi connectivity index (χ0v) is 19.2. The van der Waals surface area contributed by atoms with Crippen LogP contribution in [0.25, 0.3) is 6.08 Å². The van der Waals surface area contributed by atoms with Crippen molar-refractivity contribution in [1.29, 1.82) is 0 Å². The topological polar surface area (TPSA) is 32.8 Å². The highest BCUT2D eigenvalue weighted by Crippen LogP contribution is 2.31. The molecule has 164 valence electrons. The van der Waals surface area contributed by atoms with Gasteiger partial charge >= 0.3 is 0 Å². The summed E-state index contributed by atoms with van der Waals surface area (Å²) in [5.74, 6) is 0.747. The maximum atomic E-state index is 13.1. The number of ether oxygens (including phenoxy) is 1. The smallest absolute Gasteiger partial charge is 0.258 e. The number of hydrogen-bond donors (Lipinski definition) is 0. The number of halogens is 1. The van der Waals surface area contributed by atoms with Gasteiger partial charge in [0, 0.05) is 29.4 Å². The van der Waals surface area contributed by atoms with Gasteiger partial charge in [-0.3, -0.25) is 4.79 Å². The molecule has 0 bridgehead atoms. The number of likely N-dealkylation sites (N-methyl/N-ethyl adjacent to an activating group) is 1. The van der Waals surface area contributed by atoms with Crippen LogP contribution in [0.2, 0.25) is 5.02 Å². The molecular weight excluding hydrogens is 420 g/mol. The van der Waals surface area contributed by atoms with E-state index in [0.29, 0.717) is 23.7 Å². The Hall–Kier alpha value is -3.08. The van der Waals surface area contributed by atoms with Crippen molar-refractivity contribution in [2.24, 2.45) is 0 Å². The largest absolute Gasteiger partial charge is 0.489 e. The number of rotatable bonds is 7. The molecule has 0 aromatic heterocycles. The van der Waals surface area contributed by atoms with Gasteiger partial charge in [-0.15, -0.1) is 0 Å². The molecule has 0 aliphatic carbocycles. The SMILES string of the molecule is CN(C)CC=Cc1ccc2c(c1)CCN2C(=O)c1ccc(OCc2ccc(Cl)cc2)cc1. The number of nitrogens with zero attached hydrogens (tertiary/aromatic N) is 2. The van der Waals surface area contributed by atoms with Crippen molar-refractivity contribution in [2.75, 3.05) is 32.1 Å². The van der Waals surface area contributed by atoms with Gasteiger partial charge in [-0.1, -0.05) is 42.0 Å². The molecule has 0 fully saturated rings. The Labute approximate surface area is 194 Å². The molecule has 1 aliphatic heterocycles. The summed E-state index contributed by atoms with van der Waals surface area (Å²) >= 11 is 5.92. The van der Waals surface area contributed by atoms with E-state index in [2.05, 4.69) is 49.3 Å². The van der Waals surface area contributed by atoms with E-state index in [4.69, 9.17) is 16.3 Å². The summed E-state index contributed by atoms with van der Waals surface area (Å²) in [5.41, 5.74) is 5.09. The molecule has 4 nitrogen and oxygen atoms in total. The van der Waals surface area contributed by atoms with E-state index in [9.17, 15) is 4.79 Å². The average Bonchev–Trinajstić information content (AvgIpc) is 3.22. The van der Waals surface area contributed by atoms with E-state index >= 15 is 0 Å². The Bertz CT molecular complexity index is 1110. The van der Waals surface area contributed by atoms with Crippen LogP contribution in [0.3, 0.4) is 0 Å². The zero-order chi connectivity index (χ0) is 22.5. The molecule has 0 atom stereocenters. The highest BCUT2D eigenvalue weighted by molar-refractivity contribution is 6.30. The molecule has 1 amide bonds. The van der Waals surface area contributed by atoms with Crippen LogP contribution in [-0.2, 0) is 13.0 Å². The number of fused-ring (bicyclic) bond motifs is 1. The second-order valence-corrected chi connectivity index (χ2v) is 8.64. The minimum atomic E-state index is 0.0175. The molecule has 0 spiro atoms. The van der Waals surface area contributed by atoms with E-state index in [1.807, 2.05) is 53.4 Å². The summed E-state index contributed by atoms with van der Waals surface area (Å²) in [7, 11) is 4.10. The monoisotopic (exact) mass is 446 g/mol. The van der Waals surface area contributed by atoms with Crippen molar-refractivity contribution in [2.45, 2.75) is 13.0 Å². The van der Waals surface area contributed by atoms with Gasteiger partial charge in [0.15, 0.2) is 0 Å². The van der Waals surface area contributed by atoms with Crippen molar-refractivity contribution in [1.82, 2.24) is 4.90 Å². The van der Waals surface area contributed by atoms with Crippen LogP contribution in [0, 0.1) is 0 Å². The molecule has 1 heterocycles. The number of hydrogen-bond acceptors (Lipinski definition) is 3. The fourth-order valence-corrected chi connectivity index (χ4v) is 3.86. The summed E-state index contributed by atoms with van der Waals surface area (Å²) in [6.07, 6.45) is 5.16. The molecule has 0 unspecified atom stereocenters.